The fourth-order valence-electron chi connectivity index (χ4n) is 4.63. The third-order valence-electron chi connectivity index (χ3n) is 6.76. The monoisotopic (exact) mass is 424 g/mol. The number of oxazole rings is 1. The Morgan fingerprint density at radius 3 is 2.48 bits per heavy atom. The number of likely N-dealkylation sites (tertiary alicyclic amines) is 2. The highest BCUT2D eigenvalue weighted by molar-refractivity contribution is 5.78. The summed E-state index contributed by atoms with van der Waals surface area (Å²) in [5.41, 5.74) is 3.34. The Morgan fingerprint density at radius 2 is 1.81 bits per heavy atom. The number of rotatable bonds is 8. The Morgan fingerprint density at radius 1 is 1.10 bits per heavy atom. The van der Waals surface area contributed by atoms with Crippen LogP contribution in [-0.2, 0) is 17.8 Å². The second kappa shape index (κ2) is 10.4. The molecule has 1 N–H and O–H groups in total. The van der Waals surface area contributed by atoms with E-state index in [4.69, 9.17) is 9.40 Å². The maximum Gasteiger partial charge on any atom is 0.226 e. The first-order valence-corrected chi connectivity index (χ1v) is 11.9. The van der Waals surface area contributed by atoms with E-state index in [1.54, 1.807) is 0 Å². The van der Waals surface area contributed by atoms with E-state index in [1.807, 2.05) is 6.92 Å². The number of piperidine rings is 1. The molecule has 0 atom stereocenters. The van der Waals surface area contributed by atoms with Crippen molar-refractivity contribution in [3.05, 3.63) is 41.3 Å². The van der Waals surface area contributed by atoms with Gasteiger partial charge in [-0.15, -0.1) is 0 Å². The van der Waals surface area contributed by atoms with Gasteiger partial charge in [0.2, 0.25) is 11.8 Å². The maximum atomic E-state index is 12.5. The summed E-state index contributed by atoms with van der Waals surface area (Å²) in [5.74, 6) is 1.95. The van der Waals surface area contributed by atoms with Crippen molar-refractivity contribution in [1.29, 1.82) is 0 Å². The average Bonchev–Trinajstić information content (AvgIpc) is 3.44. The lowest BCUT2D eigenvalue weighted by Crippen LogP contribution is -2.42. The van der Waals surface area contributed by atoms with Gasteiger partial charge in [0.25, 0.3) is 0 Å². The van der Waals surface area contributed by atoms with Crippen LogP contribution in [0, 0.1) is 12.8 Å². The molecule has 0 bridgehead atoms. The van der Waals surface area contributed by atoms with E-state index in [1.165, 1.54) is 31.5 Å². The molecule has 0 saturated carbocycles. The van der Waals surface area contributed by atoms with Gasteiger partial charge in [-0.05, 0) is 82.9 Å². The largest absolute Gasteiger partial charge is 0.441 e. The molecule has 0 unspecified atom stereocenters. The van der Waals surface area contributed by atoms with Crippen LogP contribution in [0.25, 0.3) is 11.5 Å². The van der Waals surface area contributed by atoms with Crippen LogP contribution >= 0.6 is 0 Å². The Kier molecular flexibility index (Phi) is 7.41. The lowest BCUT2D eigenvalue weighted by atomic mass is 9.96. The number of hydrogen-bond acceptors (Lipinski definition) is 5. The zero-order chi connectivity index (χ0) is 21.6. The molecule has 0 radical (unpaired) electrons. The number of nitrogens with zero attached hydrogens (tertiary/aromatic N) is 3. The molecule has 2 aliphatic rings. The molecular formula is C25H36N4O2. The van der Waals surface area contributed by atoms with Crippen molar-refractivity contribution in [2.24, 2.45) is 5.92 Å². The molecule has 6 nitrogen and oxygen atoms in total. The molecule has 0 aliphatic carbocycles. The predicted molar refractivity (Wildman–Crippen MR) is 123 cm³/mol. The number of aromatic nitrogens is 1. The highest BCUT2D eigenvalue weighted by atomic mass is 16.4. The molecular weight excluding hydrogens is 388 g/mol. The highest BCUT2D eigenvalue weighted by Crippen LogP contribution is 2.25. The molecule has 4 rings (SSSR count). The lowest BCUT2D eigenvalue weighted by molar-refractivity contribution is -0.126. The van der Waals surface area contributed by atoms with E-state index in [0.717, 1.165) is 69.0 Å². The van der Waals surface area contributed by atoms with Crippen molar-refractivity contribution in [1.82, 2.24) is 20.1 Å². The first-order chi connectivity index (χ1) is 15.1. The number of carbonyl (C=O) groups is 1. The molecule has 3 heterocycles. The standard InChI is InChI=1S/C25H36N4O2/c1-3-20-6-8-22(9-7-20)25-27-23(19(2)31-25)18-29-15-10-21(11-16-29)24(30)26-12-17-28-13-4-5-14-28/h6-9,21H,3-5,10-18H2,1-2H3,(H,26,30). The van der Waals surface area contributed by atoms with Gasteiger partial charge in [-0.1, -0.05) is 19.1 Å². The second-order valence-corrected chi connectivity index (χ2v) is 8.96. The van der Waals surface area contributed by atoms with E-state index in [2.05, 4.69) is 46.3 Å². The van der Waals surface area contributed by atoms with Crippen LogP contribution in [0.1, 0.15) is 49.6 Å². The zero-order valence-electron chi connectivity index (χ0n) is 19.0. The smallest absolute Gasteiger partial charge is 0.226 e. The molecule has 31 heavy (non-hydrogen) atoms. The first-order valence-electron chi connectivity index (χ1n) is 11.9. The Hall–Kier alpha value is -2.18. The van der Waals surface area contributed by atoms with E-state index in [0.29, 0.717) is 5.89 Å². The van der Waals surface area contributed by atoms with Gasteiger partial charge in [0.1, 0.15) is 5.76 Å². The summed E-state index contributed by atoms with van der Waals surface area (Å²) in [6.07, 6.45) is 5.45. The number of carbonyl (C=O) groups excluding carboxylic acids is 1. The van der Waals surface area contributed by atoms with Gasteiger partial charge in [0.05, 0.1) is 5.69 Å². The lowest BCUT2D eigenvalue weighted by Gasteiger charge is -2.30. The Labute approximate surface area is 186 Å². The summed E-state index contributed by atoms with van der Waals surface area (Å²) >= 11 is 0. The minimum atomic E-state index is 0.140. The van der Waals surface area contributed by atoms with Gasteiger partial charge < -0.3 is 14.6 Å². The highest BCUT2D eigenvalue weighted by Gasteiger charge is 2.26. The molecule has 2 aromatic rings. The van der Waals surface area contributed by atoms with Crippen molar-refractivity contribution in [3.63, 3.8) is 0 Å². The minimum Gasteiger partial charge on any atom is -0.441 e. The molecule has 2 fully saturated rings. The SMILES string of the molecule is CCc1ccc(-c2nc(CN3CCC(C(=O)NCCN4CCCC4)CC3)c(C)o2)cc1. The molecule has 168 valence electrons. The molecule has 1 aromatic carbocycles. The van der Waals surface area contributed by atoms with E-state index >= 15 is 0 Å². The van der Waals surface area contributed by atoms with Gasteiger partial charge in [-0.2, -0.15) is 0 Å². The van der Waals surface area contributed by atoms with Crippen LogP contribution < -0.4 is 5.32 Å². The Balaban J connectivity index is 1.24. The van der Waals surface area contributed by atoms with Crippen LogP contribution in [-0.4, -0.2) is 60.0 Å². The van der Waals surface area contributed by atoms with Gasteiger partial charge >= 0.3 is 0 Å². The van der Waals surface area contributed by atoms with E-state index < -0.39 is 0 Å². The zero-order valence-corrected chi connectivity index (χ0v) is 19.0. The van der Waals surface area contributed by atoms with Crippen LogP contribution in [0.15, 0.2) is 28.7 Å². The van der Waals surface area contributed by atoms with Crippen LogP contribution in [0.2, 0.25) is 0 Å². The van der Waals surface area contributed by atoms with E-state index in [-0.39, 0.29) is 11.8 Å². The summed E-state index contributed by atoms with van der Waals surface area (Å²) in [7, 11) is 0. The fourth-order valence-corrected chi connectivity index (χ4v) is 4.63. The predicted octanol–water partition coefficient (Wildman–Crippen LogP) is 3.64. The number of nitrogens with one attached hydrogen (secondary N) is 1. The molecule has 1 amide bonds. The number of benzene rings is 1. The topological polar surface area (TPSA) is 61.6 Å². The third kappa shape index (κ3) is 5.74. The molecule has 2 aliphatic heterocycles. The number of hydrogen-bond donors (Lipinski definition) is 1. The summed E-state index contributed by atoms with van der Waals surface area (Å²) in [5, 5.41) is 3.16. The quantitative estimate of drug-likeness (QED) is 0.701. The summed E-state index contributed by atoms with van der Waals surface area (Å²) in [6.45, 7) is 10.9. The Bertz CT molecular complexity index is 847. The van der Waals surface area contributed by atoms with Gasteiger partial charge in [0.15, 0.2) is 0 Å². The van der Waals surface area contributed by atoms with Crippen molar-refractivity contribution < 1.29 is 9.21 Å². The van der Waals surface area contributed by atoms with Gasteiger partial charge in [-0.3, -0.25) is 9.69 Å². The summed E-state index contributed by atoms with van der Waals surface area (Å²) < 4.78 is 5.96. The second-order valence-electron chi connectivity index (χ2n) is 8.96. The molecule has 1 aromatic heterocycles. The van der Waals surface area contributed by atoms with Crippen LogP contribution in [0.5, 0.6) is 0 Å². The normalized spacial score (nSPS) is 18.5. The molecule has 0 spiro atoms. The first kappa shape index (κ1) is 22.0. The van der Waals surface area contributed by atoms with Crippen molar-refractivity contribution in [2.45, 2.75) is 52.5 Å². The fraction of sp³-hybridized carbons (Fsp3) is 0.600. The molecule has 6 heteroatoms. The van der Waals surface area contributed by atoms with Crippen molar-refractivity contribution >= 4 is 5.91 Å². The van der Waals surface area contributed by atoms with Crippen molar-refractivity contribution in [3.8, 4) is 11.5 Å². The summed E-state index contributed by atoms with van der Waals surface area (Å²) in [6, 6.07) is 8.44. The van der Waals surface area contributed by atoms with E-state index in [9.17, 15) is 4.79 Å². The number of aryl methyl sites for hydroxylation is 2. The molecule has 2 saturated heterocycles. The van der Waals surface area contributed by atoms with Gasteiger partial charge in [0, 0.05) is 31.1 Å². The van der Waals surface area contributed by atoms with Crippen LogP contribution in [0.4, 0.5) is 0 Å². The average molecular weight is 425 g/mol. The van der Waals surface area contributed by atoms with Gasteiger partial charge in [-0.25, -0.2) is 4.98 Å². The summed E-state index contributed by atoms with van der Waals surface area (Å²) in [4.78, 5) is 22.1. The maximum absolute atomic E-state index is 12.5. The minimum absolute atomic E-state index is 0.140. The third-order valence-corrected chi connectivity index (χ3v) is 6.76. The van der Waals surface area contributed by atoms with Crippen molar-refractivity contribution in [2.75, 3.05) is 39.3 Å². The number of amides is 1. The van der Waals surface area contributed by atoms with Crippen LogP contribution in [0.3, 0.4) is 0 Å².